The van der Waals surface area contributed by atoms with Gasteiger partial charge in [-0.2, -0.15) is 0 Å². The Labute approximate surface area is 149 Å². The lowest BCUT2D eigenvalue weighted by Crippen LogP contribution is -2.34. The third kappa shape index (κ3) is 3.09. The number of esters is 1. The molecule has 2 unspecified atom stereocenters. The highest BCUT2D eigenvalue weighted by atomic mass is 16.5. The summed E-state index contributed by atoms with van der Waals surface area (Å²) in [5, 5.41) is 0. The van der Waals surface area contributed by atoms with Crippen LogP contribution in [0.25, 0.3) is 11.1 Å². The summed E-state index contributed by atoms with van der Waals surface area (Å²) >= 11 is 0. The molecule has 0 spiro atoms. The third-order valence-corrected chi connectivity index (χ3v) is 5.78. The number of carbonyl (C=O) groups is 1. The van der Waals surface area contributed by atoms with E-state index in [9.17, 15) is 4.79 Å². The number of carbonyl (C=O) groups excluding carboxylic acids is 1. The standard InChI is InChI=1S/C22H25NO2/c1-15-4-3-5-16(12-15)17-6-7-19-18-8-10-23(11-9-22(24)25-2)21(14-18)20(19)13-17/h3-7,12-13,18,21H,8-11,14H2,1-2H3. The Balaban J connectivity index is 1.62. The summed E-state index contributed by atoms with van der Waals surface area (Å²) in [4.78, 5) is 14.0. The van der Waals surface area contributed by atoms with Crippen LogP contribution in [0.2, 0.25) is 0 Å². The molecule has 0 saturated carbocycles. The van der Waals surface area contributed by atoms with Gasteiger partial charge in [-0.25, -0.2) is 0 Å². The molecule has 2 aromatic rings. The minimum absolute atomic E-state index is 0.117. The van der Waals surface area contributed by atoms with E-state index in [4.69, 9.17) is 4.74 Å². The summed E-state index contributed by atoms with van der Waals surface area (Å²) in [6, 6.07) is 16.1. The predicted octanol–water partition coefficient (Wildman–Crippen LogP) is 4.46. The van der Waals surface area contributed by atoms with Crippen LogP contribution in [-0.2, 0) is 9.53 Å². The molecule has 2 aliphatic rings. The Morgan fingerprint density at radius 2 is 2.00 bits per heavy atom. The quantitative estimate of drug-likeness (QED) is 0.773. The Hall–Kier alpha value is -2.13. The maximum Gasteiger partial charge on any atom is 0.306 e. The highest BCUT2D eigenvalue weighted by Gasteiger charge is 2.38. The summed E-state index contributed by atoms with van der Waals surface area (Å²) in [6.45, 7) is 4.00. The van der Waals surface area contributed by atoms with Crippen molar-refractivity contribution in [1.29, 1.82) is 0 Å². The molecule has 0 aromatic heterocycles. The minimum atomic E-state index is -0.117. The molecule has 2 bridgehead atoms. The van der Waals surface area contributed by atoms with Gasteiger partial charge in [-0.15, -0.1) is 0 Å². The van der Waals surface area contributed by atoms with Crippen molar-refractivity contribution < 1.29 is 9.53 Å². The number of rotatable bonds is 4. The van der Waals surface area contributed by atoms with Crippen LogP contribution in [0.3, 0.4) is 0 Å². The highest BCUT2D eigenvalue weighted by molar-refractivity contribution is 5.69. The zero-order chi connectivity index (χ0) is 17.4. The van der Waals surface area contributed by atoms with Crippen molar-refractivity contribution in [2.24, 2.45) is 0 Å². The van der Waals surface area contributed by atoms with E-state index in [1.165, 1.54) is 47.8 Å². The zero-order valence-electron chi connectivity index (χ0n) is 15.0. The summed E-state index contributed by atoms with van der Waals surface area (Å²) in [6.07, 6.45) is 2.85. The fourth-order valence-corrected chi connectivity index (χ4v) is 4.46. The monoisotopic (exact) mass is 335 g/mol. The van der Waals surface area contributed by atoms with Crippen molar-refractivity contribution in [3.63, 3.8) is 0 Å². The van der Waals surface area contributed by atoms with Gasteiger partial charge in [0.1, 0.15) is 0 Å². The van der Waals surface area contributed by atoms with Gasteiger partial charge < -0.3 is 4.74 Å². The summed E-state index contributed by atoms with van der Waals surface area (Å²) < 4.78 is 4.81. The molecular weight excluding hydrogens is 310 g/mol. The second-order valence-electron chi connectivity index (χ2n) is 7.31. The lowest BCUT2D eigenvalue weighted by Gasteiger charge is -2.33. The molecule has 2 aromatic carbocycles. The zero-order valence-corrected chi connectivity index (χ0v) is 15.0. The summed E-state index contributed by atoms with van der Waals surface area (Å²) in [7, 11) is 1.47. The first-order valence-corrected chi connectivity index (χ1v) is 9.17. The molecule has 4 rings (SSSR count). The van der Waals surface area contributed by atoms with Crippen molar-refractivity contribution in [1.82, 2.24) is 4.90 Å². The lowest BCUT2D eigenvalue weighted by molar-refractivity contribution is -0.141. The predicted molar refractivity (Wildman–Crippen MR) is 99.5 cm³/mol. The number of hydrogen-bond donors (Lipinski definition) is 0. The Kier molecular flexibility index (Phi) is 4.34. The van der Waals surface area contributed by atoms with Gasteiger partial charge in [0.15, 0.2) is 0 Å². The van der Waals surface area contributed by atoms with Gasteiger partial charge in [-0.05, 0) is 60.5 Å². The fraction of sp³-hybridized carbons (Fsp3) is 0.409. The number of ether oxygens (including phenoxy) is 1. The molecule has 1 aliphatic carbocycles. The minimum Gasteiger partial charge on any atom is -0.469 e. The maximum absolute atomic E-state index is 11.5. The number of piperidine rings is 1. The van der Waals surface area contributed by atoms with Crippen molar-refractivity contribution >= 4 is 5.97 Å². The Bertz CT molecular complexity index is 798. The molecule has 0 amide bonds. The molecule has 3 nitrogen and oxygen atoms in total. The Morgan fingerprint density at radius 3 is 2.80 bits per heavy atom. The third-order valence-electron chi connectivity index (χ3n) is 5.78. The molecule has 3 heteroatoms. The van der Waals surface area contributed by atoms with E-state index >= 15 is 0 Å². The molecule has 1 saturated heterocycles. The molecule has 1 aliphatic heterocycles. The average molecular weight is 335 g/mol. The first-order valence-electron chi connectivity index (χ1n) is 9.17. The van der Waals surface area contributed by atoms with Gasteiger partial charge in [0.25, 0.3) is 0 Å². The SMILES string of the molecule is COC(=O)CCN1CCC2CC1c1cc(-c3cccc(C)c3)ccc12. The first kappa shape index (κ1) is 16.3. The topological polar surface area (TPSA) is 29.5 Å². The lowest BCUT2D eigenvalue weighted by atomic mass is 9.94. The summed E-state index contributed by atoms with van der Waals surface area (Å²) in [5.74, 6) is 0.565. The van der Waals surface area contributed by atoms with Crippen LogP contribution >= 0.6 is 0 Å². The number of aryl methyl sites for hydroxylation is 1. The second kappa shape index (κ2) is 6.64. The molecule has 1 heterocycles. The van der Waals surface area contributed by atoms with E-state index in [0.717, 1.165) is 13.1 Å². The van der Waals surface area contributed by atoms with Gasteiger partial charge in [-0.3, -0.25) is 9.69 Å². The molecule has 130 valence electrons. The number of likely N-dealkylation sites (tertiary alicyclic amines) is 1. The van der Waals surface area contributed by atoms with Crippen molar-refractivity contribution in [3.05, 3.63) is 59.2 Å². The van der Waals surface area contributed by atoms with E-state index in [1.54, 1.807) is 0 Å². The number of benzene rings is 2. The van der Waals surface area contributed by atoms with Gasteiger partial charge in [0.05, 0.1) is 13.5 Å². The molecule has 0 radical (unpaired) electrons. The van der Waals surface area contributed by atoms with Crippen molar-refractivity contribution in [3.8, 4) is 11.1 Å². The summed E-state index contributed by atoms with van der Waals surface area (Å²) in [5.41, 5.74) is 6.85. The number of nitrogens with zero attached hydrogens (tertiary/aromatic N) is 1. The van der Waals surface area contributed by atoms with Crippen molar-refractivity contribution in [2.75, 3.05) is 20.2 Å². The number of fused-ring (bicyclic) bond motifs is 5. The van der Waals surface area contributed by atoms with Gasteiger partial charge in [-0.1, -0.05) is 42.0 Å². The van der Waals surface area contributed by atoms with Crippen LogP contribution in [0.4, 0.5) is 0 Å². The smallest absolute Gasteiger partial charge is 0.306 e. The number of hydrogen-bond acceptors (Lipinski definition) is 3. The second-order valence-corrected chi connectivity index (χ2v) is 7.31. The van der Waals surface area contributed by atoms with E-state index in [2.05, 4.69) is 54.3 Å². The van der Waals surface area contributed by atoms with Gasteiger partial charge in [0, 0.05) is 12.6 Å². The van der Waals surface area contributed by atoms with Gasteiger partial charge >= 0.3 is 5.97 Å². The van der Waals surface area contributed by atoms with Crippen molar-refractivity contribution in [2.45, 2.75) is 38.1 Å². The molecule has 2 atom stereocenters. The normalized spacial score (nSPS) is 21.8. The highest BCUT2D eigenvalue weighted by Crippen LogP contribution is 2.49. The molecule has 25 heavy (non-hydrogen) atoms. The molecule has 1 fully saturated rings. The van der Waals surface area contributed by atoms with Crippen LogP contribution in [0.1, 0.15) is 47.9 Å². The molecule has 0 N–H and O–H groups in total. The largest absolute Gasteiger partial charge is 0.469 e. The Morgan fingerprint density at radius 1 is 1.16 bits per heavy atom. The fourth-order valence-electron chi connectivity index (χ4n) is 4.46. The average Bonchev–Trinajstić information content (AvgIpc) is 2.93. The maximum atomic E-state index is 11.5. The van der Waals surface area contributed by atoms with E-state index in [1.807, 2.05) is 0 Å². The van der Waals surface area contributed by atoms with E-state index < -0.39 is 0 Å². The van der Waals surface area contributed by atoms with E-state index in [-0.39, 0.29) is 5.97 Å². The number of methoxy groups -OCH3 is 1. The van der Waals surface area contributed by atoms with Crippen LogP contribution in [0, 0.1) is 6.92 Å². The van der Waals surface area contributed by atoms with Crippen LogP contribution in [-0.4, -0.2) is 31.1 Å². The first-order chi connectivity index (χ1) is 12.2. The van der Waals surface area contributed by atoms with E-state index in [0.29, 0.717) is 18.4 Å². The van der Waals surface area contributed by atoms with Crippen LogP contribution < -0.4 is 0 Å². The van der Waals surface area contributed by atoms with Crippen LogP contribution in [0.5, 0.6) is 0 Å². The van der Waals surface area contributed by atoms with Gasteiger partial charge in [0.2, 0.25) is 0 Å². The van der Waals surface area contributed by atoms with Crippen LogP contribution in [0.15, 0.2) is 42.5 Å². The molecular formula is C22H25NO2.